The highest BCUT2D eigenvalue weighted by Crippen LogP contribution is 2.15. The van der Waals surface area contributed by atoms with E-state index in [1.54, 1.807) is 18.2 Å². The van der Waals surface area contributed by atoms with E-state index in [9.17, 15) is 28.5 Å². The lowest BCUT2D eigenvalue weighted by Crippen LogP contribution is -2.50. The molecule has 2 rings (SSSR count). The van der Waals surface area contributed by atoms with Gasteiger partial charge in [-0.2, -0.15) is 0 Å². The van der Waals surface area contributed by atoms with Crippen LogP contribution in [0.3, 0.4) is 0 Å². The van der Waals surface area contributed by atoms with E-state index in [-0.39, 0.29) is 55.1 Å². The normalized spacial score (nSPS) is 14.3. The molecule has 0 aliphatic rings. The van der Waals surface area contributed by atoms with Crippen molar-refractivity contribution in [3.63, 3.8) is 0 Å². The third kappa shape index (κ3) is 12.1. The Morgan fingerprint density at radius 1 is 0.946 bits per heavy atom. The highest BCUT2D eigenvalue weighted by molar-refractivity contribution is 7.91. The number of rotatable bonds is 17. The average molecular weight is 535 g/mol. The van der Waals surface area contributed by atoms with Crippen LogP contribution in [0.1, 0.15) is 44.2 Å². The number of hydrogen-bond donors (Lipinski definition) is 5. The van der Waals surface area contributed by atoms with Gasteiger partial charge in [-0.05, 0) is 54.9 Å². The van der Waals surface area contributed by atoms with Crippen molar-refractivity contribution in [3.8, 4) is 5.75 Å². The number of phenolic OH excluding ortho intramolecular Hbond substituents is 1. The summed E-state index contributed by atoms with van der Waals surface area (Å²) in [7, 11) is -3.30. The second-order valence-electron chi connectivity index (χ2n) is 10.0. The topological polar surface area (TPSA) is 136 Å². The molecule has 0 saturated heterocycles. The van der Waals surface area contributed by atoms with Gasteiger partial charge in [0.25, 0.3) is 0 Å². The Kier molecular flexibility index (Phi) is 13.1. The standard InChI is InChI=1S/C28H42N2O6S/c1-21(2)12-15-37(35,36)16-13-24(11-14-31)28(34)30-26(18-22-7-4-3-5-8-22)27(33)20-29-19-23-9-6-10-25(32)17-23/h3-10,17,21,24,26-27,29,31-33H,11-16,18-20H2,1-2H3,(H,30,34)/t24?,26-,27+/m0/s1. The van der Waals surface area contributed by atoms with Gasteiger partial charge in [0.1, 0.15) is 15.6 Å². The molecule has 8 nitrogen and oxygen atoms in total. The molecule has 2 aromatic carbocycles. The number of nitrogens with one attached hydrogen (secondary N) is 2. The van der Waals surface area contributed by atoms with Crippen LogP contribution >= 0.6 is 0 Å². The Hall–Kier alpha value is -2.46. The summed E-state index contributed by atoms with van der Waals surface area (Å²) in [5, 5.41) is 36.2. The van der Waals surface area contributed by atoms with E-state index in [4.69, 9.17) is 0 Å². The fourth-order valence-corrected chi connectivity index (χ4v) is 5.70. The van der Waals surface area contributed by atoms with Crippen LogP contribution in [-0.2, 0) is 27.6 Å². The van der Waals surface area contributed by atoms with E-state index in [1.165, 1.54) is 0 Å². The van der Waals surface area contributed by atoms with Gasteiger partial charge < -0.3 is 26.0 Å². The maximum Gasteiger partial charge on any atom is 0.223 e. The zero-order chi connectivity index (χ0) is 27.3. The summed E-state index contributed by atoms with van der Waals surface area (Å²) in [5.41, 5.74) is 1.80. The molecule has 37 heavy (non-hydrogen) atoms. The van der Waals surface area contributed by atoms with Crippen molar-refractivity contribution < 1.29 is 28.5 Å². The lowest BCUT2D eigenvalue weighted by atomic mass is 9.97. The number of aliphatic hydroxyl groups is 2. The average Bonchev–Trinajstić information content (AvgIpc) is 2.85. The molecular formula is C28H42N2O6S. The molecule has 206 valence electrons. The molecule has 1 unspecified atom stereocenters. The molecule has 1 amide bonds. The van der Waals surface area contributed by atoms with E-state index in [2.05, 4.69) is 10.6 Å². The molecule has 0 spiro atoms. The molecule has 9 heteroatoms. The summed E-state index contributed by atoms with van der Waals surface area (Å²) < 4.78 is 24.9. The van der Waals surface area contributed by atoms with E-state index in [0.29, 0.717) is 19.4 Å². The van der Waals surface area contributed by atoms with E-state index < -0.39 is 27.9 Å². The van der Waals surface area contributed by atoms with Crippen molar-refractivity contribution in [2.75, 3.05) is 24.7 Å². The summed E-state index contributed by atoms with van der Waals surface area (Å²) in [6.07, 6.45) is 0.304. The number of benzene rings is 2. The van der Waals surface area contributed by atoms with Crippen molar-refractivity contribution in [3.05, 3.63) is 65.7 Å². The molecule has 2 aromatic rings. The molecular weight excluding hydrogens is 492 g/mol. The number of phenols is 1. The Balaban J connectivity index is 2.04. The Bertz CT molecular complexity index is 1050. The first-order chi connectivity index (χ1) is 17.6. The largest absolute Gasteiger partial charge is 0.508 e. The van der Waals surface area contributed by atoms with E-state index in [0.717, 1.165) is 11.1 Å². The molecule has 0 fully saturated rings. The van der Waals surface area contributed by atoms with Crippen LogP contribution in [0.4, 0.5) is 0 Å². The smallest absolute Gasteiger partial charge is 0.223 e. The minimum atomic E-state index is -3.30. The summed E-state index contributed by atoms with van der Waals surface area (Å²) in [4.78, 5) is 13.2. The quantitative estimate of drug-likeness (QED) is 0.210. The van der Waals surface area contributed by atoms with Crippen LogP contribution in [0.5, 0.6) is 5.75 Å². The molecule has 0 heterocycles. The van der Waals surface area contributed by atoms with E-state index in [1.807, 2.05) is 50.2 Å². The molecule has 5 N–H and O–H groups in total. The third-order valence-electron chi connectivity index (χ3n) is 6.32. The first-order valence-corrected chi connectivity index (χ1v) is 14.7. The number of aliphatic hydroxyl groups excluding tert-OH is 2. The number of carbonyl (C=O) groups excluding carboxylic acids is 1. The zero-order valence-electron chi connectivity index (χ0n) is 21.8. The maximum absolute atomic E-state index is 13.2. The number of hydrogen-bond acceptors (Lipinski definition) is 7. The van der Waals surface area contributed by atoms with Gasteiger partial charge in [0.15, 0.2) is 0 Å². The predicted octanol–water partition coefficient (Wildman–Crippen LogP) is 2.42. The number of aromatic hydroxyl groups is 1. The van der Waals surface area contributed by atoms with Gasteiger partial charge >= 0.3 is 0 Å². The first kappa shape index (κ1) is 30.8. The Labute approximate surface area is 221 Å². The van der Waals surface area contributed by atoms with Crippen LogP contribution < -0.4 is 10.6 Å². The lowest BCUT2D eigenvalue weighted by Gasteiger charge is -2.27. The van der Waals surface area contributed by atoms with Crippen molar-refractivity contribution in [2.45, 2.75) is 58.2 Å². The second-order valence-corrected chi connectivity index (χ2v) is 12.3. The Morgan fingerprint density at radius 2 is 1.62 bits per heavy atom. The molecule has 0 radical (unpaired) electrons. The molecule has 0 aromatic heterocycles. The molecule has 0 bridgehead atoms. The SMILES string of the molecule is CC(C)CCS(=O)(=O)CCC(CCO)C(=O)N[C@@H](Cc1ccccc1)[C@H](O)CNCc1cccc(O)c1. The van der Waals surface area contributed by atoms with Crippen molar-refractivity contribution >= 4 is 15.7 Å². The van der Waals surface area contributed by atoms with Crippen LogP contribution in [0.2, 0.25) is 0 Å². The lowest BCUT2D eigenvalue weighted by molar-refractivity contribution is -0.127. The first-order valence-electron chi connectivity index (χ1n) is 12.9. The Morgan fingerprint density at radius 3 is 2.27 bits per heavy atom. The summed E-state index contributed by atoms with van der Waals surface area (Å²) in [5.74, 6) is -0.651. The minimum Gasteiger partial charge on any atom is -0.508 e. The van der Waals surface area contributed by atoms with Gasteiger partial charge in [-0.1, -0.05) is 56.3 Å². The van der Waals surface area contributed by atoms with Crippen LogP contribution in [-0.4, -0.2) is 66.4 Å². The minimum absolute atomic E-state index is 0.0817. The molecule has 0 saturated carbocycles. The van der Waals surface area contributed by atoms with E-state index >= 15 is 0 Å². The van der Waals surface area contributed by atoms with Crippen LogP contribution in [0.25, 0.3) is 0 Å². The molecule has 0 aliphatic heterocycles. The summed E-state index contributed by atoms with van der Waals surface area (Å²) >= 11 is 0. The molecule has 0 aliphatic carbocycles. The van der Waals surface area contributed by atoms with Gasteiger partial charge in [-0.15, -0.1) is 0 Å². The zero-order valence-corrected chi connectivity index (χ0v) is 22.7. The number of amides is 1. The van der Waals surface area contributed by atoms with Gasteiger partial charge in [-0.3, -0.25) is 4.79 Å². The van der Waals surface area contributed by atoms with Gasteiger partial charge in [-0.25, -0.2) is 8.42 Å². The number of sulfone groups is 1. The van der Waals surface area contributed by atoms with Crippen LogP contribution in [0.15, 0.2) is 54.6 Å². The van der Waals surface area contributed by atoms with Crippen molar-refractivity contribution in [2.24, 2.45) is 11.8 Å². The van der Waals surface area contributed by atoms with Gasteiger partial charge in [0, 0.05) is 25.6 Å². The molecule has 3 atom stereocenters. The van der Waals surface area contributed by atoms with Gasteiger partial charge in [0.05, 0.1) is 23.7 Å². The fraction of sp³-hybridized carbons (Fsp3) is 0.536. The fourth-order valence-electron chi connectivity index (χ4n) is 4.03. The highest BCUT2D eigenvalue weighted by Gasteiger charge is 2.27. The van der Waals surface area contributed by atoms with Crippen molar-refractivity contribution in [1.82, 2.24) is 10.6 Å². The monoisotopic (exact) mass is 534 g/mol. The van der Waals surface area contributed by atoms with Gasteiger partial charge in [0.2, 0.25) is 5.91 Å². The van der Waals surface area contributed by atoms with Crippen molar-refractivity contribution in [1.29, 1.82) is 0 Å². The highest BCUT2D eigenvalue weighted by atomic mass is 32.2. The number of carbonyl (C=O) groups is 1. The third-order valence-corrected chi connectivity index (χ3v) is 8.03. The predicted molar refractivity (Wildman–Crippen MR) is 146 cm³/mol. The maximum atomic E-state index is 13.2. The summed E-state index contributed by atoms with van der Waals surface area (Å²) in [6.45, 7) is 4.32. The summed E-state index contributed by atoms with van der Waals surface area (Å²) in [6, 6.07) is 15.7. The van der Waals surface area contributed by atoms with Crippen LogP contribution in [0, 0.1) is 11.8 Å². The second kappa shape index (κ2) is 15.7.